The van der Waals surface area contributed by atoms with Gasteiger partial charge in [0.05, 0.1) is 13.5 Å². The number of likely N-dealkylation sites (tertiary alicyclic amines) is 1. The van der Waals surface area contributed by atoms with Gasteiger partial charge in [-0.25, -0.2) is 0 Å². The lowest BCUT2D eigenvalue weighted by molar-refractivity contribution is -0.142. The summed E-state index contributed by atoms with van der Waals surface area (Å²) in [5.74, 6) is -0.395. The predicted molar refractivity (Wildman–Crippen MR) is 93.6 cm³/mol. The second-order valence-corrected chi connectivity index (χ2v) is 6.37. The standard InChI is InChI=1S/C19H28N2O3/c1-24-19(23)12-11-18(22)20-17-10-6-14-21(15-17)13-5-9-16-7-3-2-4-8-16/h2-4,7-8,17H,5-6,9-15H2,1H3,(H,20,22)/t17-/m0/s1. The Labute approximate surface area is 144 Å². The van der Waals surface area contributed by atoms with Gasteiger partial charge in [-0.05, 0) is 44.3 Å². The normalized spacial score (nSPS) is 18.1. The summed E-state index contributed by atoms with van der Waals surface area (Å²) in [6.45, 7) is 3.06. The van der Waals surface area contributed by atoms with Gasteiger partial charge in [0.25, 0.3) is 0 Å². The molecule has 5 nitrogen and oxygen atoms in total. The van der Waals surface area contributed by atoms with E-state index in [1.165, 1.54) is 12.7 Å². The molecule has 1 fully saturated rings. The van der Waals surface area contributed by atoms with Crippen LogP contribution >= 0.6 is 0 Å². The number of carbonyl (C=O) groups is 2. The highest BCUT2D eigenvalue weighted by atomic mass is 16.5. The van der Waals surface area contributed by atoms with Crippen LogP contribution in [0.15, 0.2) is 30.3 Å². The Morgan fingerprint density at radius 1 is 1.25 bits per heavy atom. The third-order valence-electron chi connectivity index (χ3n) is 4.44. The number of carbonyl (C=O) groups excluding carboxylic acids is 2. The van der Waals surface area contributed by atoms with Crippen LogP contribution in [0.4, 0.5) is 0 Å². The monoisotopic (exact) mass is 332 g/mol. The van der Waals surface area contributed by atoms with E-state index in [1.807, 2.05) is 6.07 Å². The van der Waals surface area contributed by atoms with E-state index < -0.39 is 0 Å². The first-order chi connectivity index (χ1) is 11.7. The van der Waals surface area contributed by atoms with Crippen molar-refractivity contribution >= 4 is 11.9 Å². The number of rotatable bonds is 8. The number of hydrogen-bond acceptors (Lipinski definition) is 4. The van der Waals surface area contributed by atoms with Crippen LogP contribution in [0.25, 0.3) is 0 Å². The summed E-state index contributed by atoms with van der Waals surface area (Å²) in [6, 6.07) is 10.7. The maximum atomic E-state index is 11.9. The molecule has 1 amide bonds. The summed E-state index contributed by atoms with van der Waals surface area (Å²) in [7, 11) is 1.34. The topological polar surface area (TPSA) is 58.6 Å². The zero-order valence-electron chi connectivity index (χ0n) is 14.5. The molecular weight excluding hydrogens is 304 g/mol. The van der Waals surface area contributed by atoms with Crippen molar-refractivity contribution in [2.45, 2.75) is 44.6 Å². The fourth-order valence-corrected chi connectivity index (χ4v) is 3.15. The third-order valence-corrected chi connectivity index (χ3v) is 4.44. The van der Waals surface area contributed by atoms with Crippen LogP contribution in [0.1, 0.15) is 37.7 Å². The Morgan fingerprint density at radius 2 is 2.04 bits per heavy atom. The summed E-state index contributed by atoms with van der Waals surface area (Å²) in [6.07, 6.45) is 4.69. The SMILES string of the molecule is COC(=O)CCC(=O)N[C@H]1CCCN(CCCc2ccccc2)C1. The highest BCUT2D eigenvalue weighted by molar-refractivity contribution is 5.81. The van der Waals surface area contributed by atoms with Crippen LogP contribution in [0, 0.1) is 0 Å². The smallest absolute Gasteiger partial charge is 0.306 e. The summed E-state index contributed by atoms with van der Waals surface area (Å²) in [5.41, 5.74) is 1.38. The first-order valence-electron chi connectivity index (χ1n) is 8.80. The third kappa shape index (κ3) is 6.71. The second kappa shape index (κ2) is 10.1. The molecule has 1 aromatic carbocycles. The van der Waals surface area contributed by atoms with Crippen molar-refractivity contribution in [3.8, 4) is 0 Å². The fraction of sp³-hybridized carbons (Fsp3) is 0.579. The first kappa shape index (κ1) is 18.5. The van der Waals surface area contributed by atoms with Gasteiger partial charge in [-0.3, -0.25) is 9.59 Å². The number of piperidine rings is 1. The molecule has 1 aliphatic rings. The minimum atomic E-state index is -0.337. The minimum absolute atomic E-state index is 0.0588. The van der Waals surface area contributed by atoms with E-state index in [2.05, 4.69) is 39.2 Å². The highest BCUT2D eigenvalue weighted by Crippen LogP contribution is 2.12. The summed E-state index contributed by atoms with van der Waals surface area (Å²) in [4.78, 5) is 25.4. The van der Waals surface area contributed by atoms with Gasteiger partial charge in [0.1, 0.15) is 0 Å². The first-order valence-corrected chi connectivity index (χ1v) is 8.80. The molecule has 1 heterocycles. The average molecular weight is 332 g/mol. The van der Waals surface area contributed by atoms with Crippen LogP contribution in [0.2, 0.25) is 0 Å². The van der Waals surface area contributed by atoms with Crippen LogP contribution in [-0.2, 0) is 20.7 Å². The van der Waals surface area contributed by atoms with Crippen molar-refractivity contribution in [2.75, 3.05) is 26.7 Å². The van der Waals surface area contributed by atoms with Crippen molar-refractivity contribution in [3.05, 3.63) is 35.9 Å². The van der Waals surface area contributed by atoms with Gasteiger partial charge in [0, 0.05) is 19.0 Å². The lowest BCUT2D eigenvalue weighted by Crippen LogP contribution is -2.48. The van der Waals surface area contributed by atoms with E-state index in [9.17, 15) is 9.59 Å². The van der Waals surface area contributed by atoms with Crippen molar-refractivity contribution in [1.29, 1.82) is 0 Å². The molecule has 0 spiro atoms. The van der Waals surface area contributed by atoms with Crippen molar-refractivity contribution in [1.82, 2.24) is 10.2 Å². The van der Waals surface area contributed by atoms with Gasteiger partial charge in [-0.1, -0.05) is 30.3 Å². The van der Waals surface area contributed by atoms with Crippen molar-refractivity contribution in [3.63, 3.8) is 0 Å². The summed E-state index contributed by atoms with van der Waals surface area (Å²) < 4.78 is 4.56. The lowest BCUT2D eigenvalue weighted by atomic mass is 10.0. The molecule has 132 valence electrons. The van der Waals surface area contributed by atoms with Crippen LogP contribution in [0.5, 0.6) is 0 Å². The van der Waals surface area contributed by atoms with Gasteiger partial charge >= 0.3 is 5.97 Å². The number of nitrogens with one attached hydrogen (secondary N) is 1. The molecule has 0 bridgehead atoms. The van der Waals surface area contributed by atoms with Gasteiger partial charge < -0.3 is 15.0 Å². The van der Waals surface area contributed by atoms with Crippen molar-refractivity contribution < 1.29 is 14.3 Å². The molecule has 1 aromatic rings. The molecular formula is C19H28N2O3. The Kier molecular flexibility index (Phi) is 7.75. The highest BCUT2D eigenvalue weighted by Gasteiger charge is 2.21. The Balaban J connectivity index is 1.65. The van der Waals surface area contributed by atoms with Crippen molar-refractivity contribution in [2.24, 2.45) is 0 Å². The number of esters is 1. The zero-order chi connectivity index (χ0) is 17.2. The quantitative estimate of drug-likeness (QED) is 0.741. The molecule has 1 atom stereocenters. The van der Waals surface area contributed by atoms with Gasteiger partial charge in [0.2, 0.25) is 5.91 Å². The van der Waals surface area contributed by atoms with E-state index in [1.54, 1.807) is 0 Å². The molecule has 2 rings (SSSR count). The summed E-state index contributed by atoms with van der Waals surface area (Å²) in [5, 5.41) is 3.05. The second-order valence-electron chi connectivity index (χ2n) is 6.37. The lowest BCUT2D eigenvalue weighted by Gasteiger charge is -2.33. The fourth-order valence-electron chi connectivity index (χ4n) is 3.15. The number of hydrogen-bond donors (Lipinski definition) is 1. The van der Waals surface area contributed by atoms with E-state index in [-0.39, 0.29) is 30.8 Å². The molecule has 0 saturated carbocycles. The van der Waals surface area contributed by atoms with Crippen LogP contribution < -0.4 is 5.32 Å². The van der Waals surface area contributed by atoms with E-state index in [0.29, 0.717) is 0 Å². The Morgan fingerprint density at radius 3 is 2.79 bits per heavy atom. The Bertz CT molecular complexity index is 519. The molecule has 5 heteroatoms. The maximum absolute atomic E-state index is 11.9. The van der Waals surface area contributed by atoms with Gasteiger partial charge in [0.15, 0.2) is 0 Å². The van der Waals surface area contributed by atoms with Gasteiger partial charge in [-0.15, -0.1) is 0 Å². The van der Waals surface area contributed by atoms with Crippen LogP contribution in [0.3, 0.4) is 0 Å². The van der Waals surface area contributed by atoms with E-state index >= 15 is 0 Å². The number of nitrogens with zero attached hydrogens (tertiary/aromatic N) is 1. The molecule has 0 unspecified atom stereocenters. The van der Waals surface area contributed by atoms with Crippen LogP contribution in [-0.4, -0.2) is 49.6 Å². The number of aryl methyl sites for hydroxylation is 1. The molecule has 24 heavy (non-hydrogen) atoms. The Hall–Kier alpha value is -1.88. The molecule has 0 radical (unpaired) electrons. The van der Waals surface area contributed by atoms with E-state index in [0.717, 1.165) is 45.3 Å². The molecule has 1 saturated heterocycles. The predicted octanol–water partition coefficient (Wildman–Crippen LogP) is 2.15. The summed E-state index contributed by atoms with van der Waals surface area (Å²) >= 11 is 0. The molecule has 0 aliphatic carbocycles. The molecule has 0 aromatic heterocycles. The number of amides is 1. The number of methoxy groups -OCH3 is 1. The minimum Gasteiger partial charge on any atom is -0.469 e. The average Bonchev–Trinajstić information content (AvgIpc) is 2.61. The number of ether oxygens (including phenoxy) is 1. The zero-order valence-corrected chi connectivity index (χ0v) is 14.5. The molecule has 1 N–H and O–H groups in total. The number of benzene rings is 1. The van der Waals surface area contributed by atoms with Gasteiger partial charge in [-0.2, -0.15) is 0 Å². The maximum Gasteiger partial charge on any atom is 0.306 e. The largest absolute Gasteiger partial charge is 0.469 e. The van der Waals surface area contributed by atoms with E-state index in [4.69, 9.17) is 0 Å². The molecule has 1 aliphatic heterocycles.